The molecule has 39 heavy (non-hydrogen) atoms. The van der Waals surface area contributed by atoms with Crippen LogP contribution in [0, 0.1) is 11.6 Å². The number of amides is 3. The summed E-state index contributed by atoms with van der Waals surface area (Å²) in [6.07, 6.45) is 0.614. The highest BCUT2D eigenvalue weighted by Crippen LogP contribution is 2.26. The van der Waals surface area contributed by atoms with Gasteiger partial charge in [0.25, 0.3) is 11.8 Å². The Morgan fingerprint density at radius 3 is 2.41 bits per heavy atom. The van der Waals surface area contributed by atoms with Crippen LogP contribution in [0.15, 0.2) is 66.7 Å². The lowest BCUT2D eigenvalue weighted by Crippen LogP contribution is -2.36. The molecule has 1 fully saturated rings. The second-order valence-corrected chi connectivity index (χ2v) is 9.13. The number of anilines is 2. The average Bonchev–Trinajstić information content (AvgIpc) is 3.19. The fourth-order valence-corrected chi connectivity index (χ4v) is 4.45. The number of rotatable bonds is 8. The highest BCUT2D eigenvalue weighted by molar-refractivity contribution is 6.02. The standard InChI is InChI=1S/C29H30F2N4O4/c1-39-19-27(36)33-22-11-12-26(24(17-22)28(37)32-18-20-7-9-21(30)10-8-20)34-13-4-14-35(16-15-34)29(38)23-5-2-3-6-25(23)31/h2-3,5-12,17H,4,13-16,18-19H2,1H3,(H,32,37)(H,33,36). The summed E-state index contributed by atoms with van der Waals surface area (Å²) in [4.78, 5) is 42.0. The van der Waals surface area contributed by atoms with Gasteiger partial charge in [0.2, 0.25) is 5.91 Å². The third-order valence-corrected chi connectivity index (χ3v) is 6.39. The minimum absolute atomic E-state index is 0.0305. The molecule has 0 spiro atoms. The van der Waals surface area contributed by atoms with E-state index < -0.39 is 5.82 Å². The van der Waals surface area contributed by atoms with Crippen molar-refractivity contribution >= 4 is 29.1 Å². The third-order valence-electron chi connectivity index (χ3n) is 6.39. The van der Waals surface area contributed by atoms with Gasteiger partial charge < -0.3 is 25.2 Å². The Kier molecular flexibility index (Phi) is 9.22. The van der Waals surface area contributed by atoms with Gasteiger partial charge in [-0.1, -0.05) is 24.3 Å². The molecule has 0 bridgehead atoms. The number of nitrogens with one attached hydrogen (secondary N) is 2. The number of hydrogen-bond donors (Lipinski definition) is 2. The highest BCUT2D eigenvalue weighted by Gasteiger charge is 2.25. The normalized spacial score (nSPS) is 13.5. The Morgan fingerprint density at radius 2 is 1.67 bits per heavy atom. The molecule has 1 saturated heterocycles. The van der Waals surface area contributed by atoms with Crippen molar-refractivity contribution in [3.8, 4) is 0 Å². The lowest BCUT2D eigenvalue weighted by atomic mass is 10.1. The first kappa shape index (κ1) is 27.7. The fraction of sp³-hybridized carbons (Fsp3) is 0.276. The summed E-state index contributed by atoms with van der Waals surface area (Å²) in [5.41, 5.74) is 2.16. The van der Waals surface area contributed by atoms with Crippen LogP contribution < -0.4 is 15.5 Å². The predicted molar refractivity (Wildman–Crippen MR) is 144 cm³/mol. The maximum Gasteiger partial charge on any atom is 0.256 e. The molecule has 3 amide bonds. The molecule has 3 aromatic carbocycles. The van der Waals surface area contributed by atoms with Crippen molar-refractivity contribution in [2.45, 2.75) is 13.0 Å². The minimum Gasteiger partial charge on any atom is -0.375 e. The quantitative estimate of drug-likeness (QED) is 0.457. The molecule has 0 aromatic heterocycles. The van der Waals surface area contributed by atoms with Crippen molar-refractivity contribution in [1.29, 1.82) is 0 Å². The number of halogens is 2. The van der Waals surface area contributed by atoms with E-state index in [1.807, 2.05) is 4.90 Å². The van der Waals surface area contributed by atoms with E-state index in [0.717, 1.165) is 5.56 Å². The van der Waals surface area contributed by atoms with Gasteiger partial charge in [-0.2, -0.15) is 0 Å². The van der Waals surface area contributed by atoms with Gasteiger partial charge in [-0.3, -0.25) is 14.4 Å². The zero-order valence-electron chi connectivity index (χ0n) is 21.6. The Hall–Kier alpha value is -4.31. The molecule has 0 radical (unpaired) electrons. The van der Waals surface area contributed by atoms with Crippen LogP contribution in [-0.2, 0) is 16.1 Å². The van der Waals surface area contributed by atoms with E-state index in [9.17, 15) is 23.2 Å². The average molecular weight is 537 g/mol. The molecule has 4 rings (SSSR count). The van der Waals surface area contributed by atoms with E-state index >= 15 is 0 Å². The van der Waals surface area contributed by atoms with Gasteiger partial charge in [0.1, 0.15) is 18.2 Å². The Balaban J connectivity index is 1.54. The molecule has 204 valence electrons. The van der Waals surface area contributed by atoms with Crippen molar-refractivity contribution < 1.29 is 27.9 Å². The molecule has 1 aliphatic heterocycles. The van der Waals surface area contributed by atoms with Crippen LogP contribution in [0.1, 0.15) is 32.7 Å². The number of hydrogen-bond acceptors (Lipinski definition) is 5. The molecule has 1 heterocycles. The lowest BCUT2D eigenvalue weighted by molar-refractivity contribution is -0.119. The molecule has 0 saturated carbocycles. The first-order valence-electron chi connectivity index (χ1n) is 12.6. The van der Waals surface area contributed by atoms with Gasteiger partial charge >= 0.3 is 0 Å². The Labute approximate surface area is 225 Å². The molecular weight excluding hydrogens is 506 g/mol. The summed E-state index contributed by atoms with van der Waals surface area (Å²) < 4.78 is 32.3. The predicted octanol–water partition coefficient (Wildman–Crippen LogP) is 3.83. The summed E-state index contributed by atoms with van der Waals surface area (Å²) in [6.45, 7) is 1.83. The number of benzene rings is 3. The van der Waals surface area contributed by atoms with Crippen molar-refractivity contribution in [3.63, 3.8) is 0 Å². The van der Waals surface area contributed by atoms with E-state index in [1.54, 1.807) is 47.4 Å². The van der Waals surface area contributed by atoms with E-state index in [0.29, 0.717) is 49.5 Å². The Bertz CT molecular complexity index is 1330. The maximum absolute atomic E-state index is 14.2. The number of methoxy groups -OCH3 is 1. The van der Waals surface area contributed by atoms with Gasteiger partial charge in [-0.15, -0.1) is 0 Å². The Morgan fingerprint density at radius 1 is 0.897 bits per heavy atom. The number of carbonyl (C=O) groups is 3. The number of nitrogens with zero attached hydrogens (tertiary/aromatic N) is 2. The maximum atomic E-state index is 14.2. The third kappa shape index (κ3) is 7.17. The molecule has 0 unspecified atom stereocenters. The van der Waals surface area contributed by atoms with Crippen LogP contribution >= 0.6 is 0 Å². The first-order valence-corrected chi connectivity index (χ1v) is 12.6. The van der Waals surface area contributed by atoms with E-state index in [-0.39, 0.29) is 42.3 Å². The number of ether oxygens (including phenoxy) is 1. The van der Waals surface area contributed by atoms with Crippen LogP contribution in [0.3, 0.4) is 0 Å². The second kappa shape index (κ2) is 13.0. The van der Waals surface area contributed by atoms with Crippen molar-refractivity contribution in [2.75, 3.05) is 50.1 Å². The number of carbonyl (C=O) groups excluding carboxylic acids is 3. The van der Waals surface area contributed by atoms with Gasteiger partial charge in [0, 0.05) is 51.2 Å². The second-order valence-electron chi connectivity index (χ2n) is 9.13. The van der Waals surface area contributed by atoms with Crippen molar-refractivity contribution in [1.82, 2.24) is 10.2 Å². The summed E-state index contributed by atoms with van der Waals surface area (Å²) >= 11 is 0. The summed E-state index contributed by atoms with van der Waals surface area (Å²) in [5.74, 6) is -2.03. The molecule has 0 atom stereocenters. The van der Waals surface area contributed by atoms with Gasteiger partial charge in [-0.25, -0.2) is 8.78 Å². The van der Waals surface area contributed by atoms with Gasteiger partial charge in [0.05, 0.1) is 11.1 Å². The molecular formula is C29H30F2N4O4. The monoisotopic (exact) mass is 536 g/mol. The topological polar surface area (TPSA) is 91.0 Å². The highest BCUT2D eigenvalue weighted by atomic mass is 19.1. The van der Waals surface area contributed by atoms with Crippen LogP contribution in [0.2, 0.25) is 0 Å². The molecule has 1 aliphatic rings. The van der Waals surface area contributed by atoms with Gasteiger partial charge in [-0.05, 0) is 54.4 Å². The molecule has 3 aromatic rings. The lowest BCUT2D eigenvalue weighted by Gasteiger charge is -2.26. The first-order chi connectivity index (χ1) is 18.9. The van der Waals surface area contributed by atoms with Crippen LogP contribution in [0.5, 0.6) is 0 Å². The minimum atomic E-state index is -0.560. The molecule has 2 N–H and O–H groups in total. The smallest absolute Gasteiger partial charge is 0.256 e. The molecule has 10 heteroatoms. The SMILES string of the molecule is COCC(=O)Nc1ccc(N2CCCN(C(=O)c3ccccc3F)CC2)c(C(=O)NCc2ccc(F)cc2)c1. The van der Waals surface area contributed by atoms with Gasteiger partial charge in [0.15, 0.2) is 0 Å². The van der Waals surface area contributed by atoms with E-state index in [1.165, 1.54) is 31.4 Å². The van der Waals surface area contributed by atoms with Crippen molar-refractivity contribution in [2.24, 2.45) is 0 Å². The van der Waals surface area contributed by atoms with E-state index in [2.05, 4.69) is 10.6 Å². The zero-order valence-corrected chi connectivity index (χ0v) is 21.6. The summed E-state index contributed by atoms with van der Waals surface area (Å²) in [6, 6.07) is 16.8. The van der Waals surface area contributed by atoms with E-state index in [4.69, 9.17) is 4.74 Å². The van der Waals surface area contributed by atoms with Crippen LogP contribution in [0.25, 0.3) is 0 Å². The summed E-state index contributed by atoms with van der Waals surface area (Å²) in [5, 5.41) is 5.57. The fourth-order valence-electron chi connectivity index (χ4n) is 4.45. The van der Waals surface area contributed by atoms with Crippen molar-refractivity contribution in [3.05, 3.63) is 95.1 Å². The van der Waals surface area contributed by atoms with Crippen LogP contribution in [0.4, 0.5) is 20.2 Å². The van der Waals surface area contributed by atoms with Crippen LogP contribution in [-0.4, -0.2) is 62.5 Å². The molecule has 0 aliphatic carbocycles. The largest absolute Gasteiger partial charge is 0.375 e. The molecule has 8 nitrogen and oxygen atoms in total. The zero-order chi connectivity index (χ0) is 27.8. The summed E-state index contributed by atoms with van der Waals surface area (Å²) in [7, 11) is 1.41.